The molecule has 4 rings (SSSR count). The van der Waals surface area contributed by atoms with Gasteiger partial charge in [-0.05, 0) is 59.7 Å². The first-order chi connectivity index (χ1) is 15.9. The maximum atomic E-state index is 13.4. The second-order valence-corrected chi connectivity index (χ2v) is 7.90. The summed E-state index contributed by atoms with van der Waals surface area (Å²) in [6, 6.07) is 15.0. The summed E-state index contributed by atoms with van der Waals surface area (Å²) in [7, 11) is 1.45. The van der Waals surface area contributed by atoms with Gasteiger partial charge in [0, 0.05) is 5.02 Å². The number of rotatable bonds is 6. The van der Waals surface area contributed by atoms with E-state index in [2.05, 4.69) is 5.32 Å². The first kappa shape index (κ1) is 22.6. The van der Waals surface area contributed by atoms with E-state index >= 15 is 0 Å². The van der Waals surface area contributed by atoms with E-state index in [1.807, 2.05) is 0 Å². The maximum absolute atomic E-state index is 13.4. The average Bonchev–Trinajstić information content (AvgIpc) is 3.05. The van der Waals surface area contributed by atoms with Crippen molar-refractivity contribution in [3.8, 4) is 11.5 Å². The topological polar surface area (TPSA) is 67.9 Å². The number of anilines is 1. The van der Waals surface area contributed by atoms with Crippen molar-refractivity contribution in [1.82, 2.24) is 5.32 Å². The molecule has 33 heavy (non-hydrogen) atoms. The molecule has 0 saturated carbocycles. The van der Waals surface area contributed by atoms with E-state index in [9.17, 15) is 14.0 Å². The van der Waals surface area contributed by atoms with Crippen LogP contribution >= 0.6 is 23.2 Å². The first-order valence-electron chi connectivity index (χ1n) is 9.73. The third-order valence-corrected chi connectivity index (χ3v) is 5.30. The lowest BCUT2D eigenvalue weighted by molar-refractivity contribution is -0.113. The number of carbonyl (C=O) groups excluding carboxylic acids is 2. The van der Waals surface area contributed by atoms with Gasteiger partial charge in [0.15, 0.2) is 11.5 Å². The molecule has 1 aliphatic heterocycles. The number of imide groups is 1. The molecule has 3 amide bonds. The number of hydrogen-bond donors (Lipinski definition) is 1. The molecular formula is C24H17Cl2FN2O4. The monoisotopic (exact) mass is 486 g/mol. The van der Waals surface area contributed by atoms with Crippen molar-refractivity contribution in [1.29, 1.82) is 0 Å². The third kappa shape index (κ3) is 4.94. The number of benzene rings is 3. The Kier molecular flexibility index (Phi) is 6.53. The molecule has 0 spiro atoms. The van der Waals surface area contributed by atoms with Crippen LogP contribution in [0.1, 0.15) is 11.1 Å². The minimum atomic E-state index is -0.596. The Morgan fingerprint density at radius 3 is 2.58 bits per heavy atom. The molecule has 168 valence electrons. The summed E-state index contributed by atoms with van der Waals surface area (Å²) in [6.45, 7) is 0.0808. The molecule has 1 heterocycles. The van der Waals surface area contributed by atoms with Crippen LogP contribution in [0.3, 0.4) is 0 Å². The Labute approximate surface area is 199 Å². The number of ether oxygens (including phenoxy) is 2. The minimum absolute atomic E-state index is 0.0616. The van der Waals surface area contributed by atoms with Crippen LogP contribution in [-0.2, 0) is 11.4 Å². The van der Waals surface area contributed by atoms with E-state index in [4.69, 9.17) is 32.7 Å². The Bertz CT molecular complexity index is 1280. The summed E-state index contributed by atoms with van der Waals surface area (Å²) in [5, 5.41) is 3.17. The molecule has 1 saturated heterocycles. The van der Waals surface area contributed by atoms with Gasteiger partial charge in [-0.25, -0.2) is 14.1 Å². The highest BCUT2D eigenvalue weighted by atomic mass is 35.5. The number of carbonyl (C=O) groups is 2. The predicted octanol–water partition coefficient (Wildman–Crippen LogP) is 5.82. The summed E-state index contributed by atoms with van der Waals surface area (Å²) in [5.74, 6) is -0.322. The van der Waals surface area contributed by atoms with Crippen molar-refractivity contribution in [3.05, 3.63) is 93.4 Å². The molecule has 0 bridgehead atoms. The Morgan fingerprint density at radius 2 is 1.85 bits per heavy atom. The molecular weight excluding hydrogens is 470 g/mol. The van der Waals surface area contributed by atoms with Crippen molar-refractivity contribution < 1.29 is 23.5 Å². The van der Waals surface area contributed by atoms with Crippen molar-refractivity contribution in [2.24, 2.45) is 0 Å². The fourth-order valence-electron chi connectivity index (χ4n) is 3.30. The number of halogens is 3. The van der Waals surface area contributed by atoms with Crippen LogP contribution < -0.4 is 19.7 Å². The zero-order valence-electron chi connectivity index (χ0n) is 17.3. The Balaban J connectivity index is 1.58. The van der Waals surface area contributed by atoms with Crippen LogP contribution in [-0.4, -0.2) is 19.0 Å². The van der Waals surface area contributed by atoms with Gasteiger partial charge in [0.1, 0.15) is 18.1 Å². The smallest absolute Gasteiger partial charge is 0.333 e. The fourth-order valence-corrected chi connectivity index (χ4v) is 3.76. The molecule has 0 atom stereocenters. The molecule has 1 fully saturated rings. The van der Waals surface area contributed by atoms with Crippen LogP contribution in [0.25, 0.3) is 6.08 Å². The number of methoxy groups -OCH3 is 1. The minimum Gasteiger partial charge on any atom is -0.493 e. The third-order valence-electron chi connectivity index (χ3n) is 4.78. The van der Waals surface area contributed by atoms with E-state index in [0.717, 1.165) is 4.90 Å². The number of nitrogens with zero attached hydrogens (tertiary/aromatic N) is 1. The zero-order chi connectivity index (χ0) is 23.5. The summed E-state index contributed by atoms with van der Waals surface area (Å²) in [4.78, 5) is 26.2. The number of nitrogens with one attached hydrogen (secondary N) is 1. The summed E-state index contributed by atoms with van der Waals surface area (Å²) >= 11 is 12.4. The van der Waals surface area contributed by atoms with Gasteiger partial charge in [0.25, 0.3) is 5.91 Å². The van der Waals surface area contributed by atoms with Crippen LogP contribution in [0.4, 0.5) is 14.9 Å². The van der Waals surface area contributed by atoms with Gasteiger partial charge in [-0.15, -0.1) is 0 Å². The van der Waals surface area contributed by atoms with Crippen molar-refractivity contribution >= 4 is 46.9 Å². The standard InChI is InChI=1S/C24H17Cl2FN2O4/c1-32-21-11-15(9-19(26)22(21)33-13-14-4-2-6-17(27)8-14)10-20-23(30)29(24(31)28-20)18-7-3-5-16(25)12-18/h2-12H,13H2,1H3,(H,28,31)/b20-10+. The van der Waals surface area contributed by atoms with E-state index in [1.165, 1.54) is 31.4 Å². The highest BCUT2D eigenvalue weighted by molar-refractivity contribution is 6.33. The number of urea groups is 1. The Hall–Kier alpha value is -3.55. The average molecular weight is 487 g/mol. The quantitative estimate of drug-likeness (QED) is 0.352. The number of hydrogen-bond acceptors (Lipinski definition) is 4. The van der Waals surface area contributed by atoms with Gasteiger partial charge in [-0.1, -0.05) is 41.4 Å². The highest BCUT2D eigenvalue weighted by Gasteiger charge is 2.35. The molecule has 3 aromatic carbocycles. The predicted molar refractivity (Wildman–Crippen MR) is 124 cm³/mol. The largest absolute Gasteiger partial charge is 0.493 e. The molecule has 6 nitrogen and oxygen atoms in total. The van der Waals surface area contributed by atoms with Gasteiger partial charge in [-0.2, -0.15) is 0 Å². The van der Waals surface area contributed by atoms with Gasteiger partial charge in [0.05, 0.1) is 17.8 Å². The molecule has 3 aromatic rings. The highest BCUT2D eigenvalue weighted by Crippen LogP contribution is 2.38. The maximum Gasteiger partial charge on any atom is 0.333 e. The van der Waals surface area contributed by atoms with Gasteiger partial charge < -0.3 is 14.8 Å². The second kappa shape index (κ2) is 9.52. The zero-order valence-corrected chi connectivity index (χ0v) is 18.8. The van der Waals surface area contributed by atoms with Crippen LogP contribution in [0.15, 0.2) is 66.4 Å². The lowest BCUT2D eigenvalue weighted by atomic mass is 10.1. The second-order valence-electron chi connectivity index (χ2n) is 7.06. The van der Waals surface area contributed by atoms with Crippen molar-refractivity contribution in [2.45, 2.75) is 6.61 Å². The summed E-state index contributed by atoms with van der Waals surface area (Å²) in [6.07, 6.45) is 1.48. The van der Waals surface area contributed by atoms with Crippen molar-refractivity contribution in [3.63, 3.8) is 0 Å². The summed E-state index contributed by atoms with van der Waals surface area (Å²) in [5.41, 5.74) is 1.54. The molecule has 0 unspecified atom stereocenters. The molecule has 0 radical (unpaired) electrons. The molecule has 0 aliphatic carbocycles. The van der Waals surface area contributed by atoms with E-state index in [1.54, 1.807) is 42.5 Å². The SMILES string of the molecule is COc1cc(/C=C2/NC(=O)N(c3cccc(Cl)c3)C2=O)cc(Cl)c1OCc1cccc(F)c1. The Morgan fingerprint density at radius 1 is 1.06 bits per heavy atom. The van der Waals surface area contributed by atoms with Gasteiger partial charge in [0.2, 0.25) is 0 Å². The fraction of sp³-hybridized carbons (Fsp3) is 0.0833. The van der Waals surface area contributed by atoms with Crippen LogP contribution in [0.2, 0.25) is 10.0 Å². The van der Waals surface area contributed by atoms with E-state index in [0.29, 0.717) is 27.6 Å². The van der Waals surface area contributed by atoms with Crippen molar-refractivity contribution in [2.75, 3.05) is 12.0 Å². The van der Waals surface area contributed by atoms with E-state index < -0.39 is 11.9 Å². The first-order valence-corrected chi connectivity index (χ1v) is 10.5. The molecule has 1 N–H and O–H groups in total. The summed E-state index contributed by atoms with van der Waals surface area (Å²) < 4.78 is 24.5. The normalized spacial score (nSPS) is 14.5. The lowest BCUT2D eigenvalue weighted by Crippen LogP contribution is -2.30. The van der Waals surface area contributed by atoms with Crippen LogP contribution in [0, 0.1) is 5.82 Å². The molecule has 9 heteroatoms. The van der Waals surface area contributed by atoms with Gasteiger partial charge >= 0.3 is 6.03 Å². The van der Waals surface area contributed by atoms with Crippen LogP contribution in [0.5, 0.6) is 11.5 Å². The van der Waals surface area contributed by atoms with Gasteiger partial charge in [-0.3, -0.25) is 4.79 Å². The number of amides is 3. The molecule has 1 aliphatic rings. The van der Waals surface area contributed by atoms with E-state index in [-0.39, 0.29) is 28.9 Å². The molecule has 0 aromatic heterocycles. The lowest BCUT2D eigenvalue weighted by Gasteiger charge is -2.14.